The molecule has 0 heterocycles. The first-order chi connectivity index (χ1) is 12.9. The third-order valence-corrected chi connectivity index (χ3v) is 6.26. The Labute approximate surface area is 166 Å². The first-order valence-electron chi connectivity index (χ1n) is 8.32. The highest BCUT2D eigenvalue weighted by molar-refractivity contribution is 9.10. The van der Waals surface area contributed by atoms with Gasteiger partial charge in [-0.1, -0.05) is 35.0 Å². The highest BCUT2D eigenvalue weighted by atomic mass is 79.9. The van der Waals surface area contributed by atoms with Gasteiger partial charge in [-0.25, -0.2) is 8.42 Å². The van der Waals surface area contributed by atoms with Crippen molar-refractivity contribution in [3.05, 3.63) is 65.1 Å². The molecule has 3 aromatic rings. The Morgan fingerprint density at radius 1 is 1.00 bits per heavy atom. The average Bonchev–Trinajstić information content (AvgIpc) is 2.66. The van der Waals surface area contributed by atoms with Crippen molar-refractivity contribution in [1.29, 1.82) is 0 Å². The number of rotatable bonds is 6. The van der Waals surface area contributed by atoms with Gasteiger partial charge < -0.3 is 10.1 Å². The van der Waals surface area contributed by atoms with E-state index in [4.69, 9.17) is 4.74 Å². The van der Waals surface area contributed by atoms with Crippen molar-refractivity contribution < 1.29 is 17.9 Å². The molecule has 0 unspecified atom stereocenters. The number of fused-ring (bicyclic) bond motifs is 1. The molecule has 0 atom stereocenters. The van der Waals surface area contributed by atoms with Gasteiger partial charge >= 0.3 is 0 Å². The Kier molecular flexibility index (Phi) is 5.82. The van der Waals surface area contributed by atoms with Gasteiger partial charge in [0.1, 0.15) is 5.75 Å². The zero-order chi connectivity index (χ0) is 19.4. The minimum absolute atomic E-state index is 0.0370. The number of amides is 1. The summed E-state index contributed by atoms with van der Waals surface area (Å²) in [5.41, 5.74) is 0.516. The third-order valence-electron chi connectivity index (χ3n) is 4.02. The van der Waals surface area contributed by atoms with Crippen LogP contribution in [0.15, 0.2) is 70.0 Å². The lowest BCUT2D eigenvalue weighted by molar-refractivity contribution is -0.118. The molecule has 27 heavy (non-hydrogen) atoms. The molecule has 1 amide bonds. The van der Waals surface area contributed by atoms with Crippen LogP contribution in [-0.2, 0) is 14.6 Å². The first kappa shape index (κ1) is 19.4. The molecule has 0 spiro atoms. The molecule has 0 fully saturated rings. The zero-order valence-electron chi connectivity index (χ0n) is 14.6. The van der Waals surface area contributed by atoms with E-state index >= 15 is 0 Å². The molecule has 3 rings (SSSR count). The first-order valence-corrected chi connectivity index (χ1v) is 10.8. The average molecular weight is 448 g/mol. The molecule has 1 N–H and O–H groups in total. The molecule has 0 aliphatic rings. The van der Waals surface area contributed by atoms with Crippen LogP contribution in [0.5, 0.6) is 5.75 Å². The molecule has 5 nitrogen and oxygen atoms in total. The number of nitrogens with one attached hydrogen (secondary N) is 1. The summed E-state index contributed by atoms with van der Waals surface area (Å²) in [6.07, 6.45) is 0. The number of benzene rings is 3. The maximum Gasteiger partial charge on any atom is 0.262 e. The molecule has 0 bridgehead atoms. The van der Waals surface area contributed by atoms with E-state index in [9.17, 15) is 13.2 Å². The van der Waals surface area contributed by atoms with Crippen molar-refractivity contribution in [1.82, 2.24) is 0 Å². The van der Waals surface area contributed by atoms with Crippen molar-refractivity contribution in [2.45, 2.75) is 11.8 Å². The van der Waals surface area contributed by atoms with Gasteiger partial charge in [0.2, 0.25) is 0 Å². The fourth-order valence-electron chi connectivity index (χ4n) is 2.54. The summed E-state index contributed by atoms with van der Waals surface area (Å²) in [5, 5.41) is 4.78. The number of halogens is 1. The highest BCUT2D eigenvalue weighted by Crippen LogP contribution is 2.24. The van der Waals surface area contributed by atoms with Crippen molar-refractivity contribution >= 4 is 48.1 Å². The third kappa shape index (κ3) is 4.87. The number of ether oxygens (including phenoxy) is 1. The lowest BCUT2D eigenvalue weighted by atomic mass is 10.1. The Bertz CT molecular complexity index is 1080. The number of anilines is 1. The van der Waals surface area contributed by atoms with Gasteiger partial charge in [-0.2, -0.15) is 0 Å². The zero-order valence-corrected chi connectivity index (χ0v) is 17.0. The summed E-state index contributed by atoms with van der Waals surface area (Å²) >= 11 is 3.43. The van der Waals surface area contributed by atoms with E-state index in [-0.39, 0.29) is 23.2 Å². The molecule has 7 heteroatoms. The molecular formula is C20H18BrNO4S. The van der Waals surface area contributed by atoms with E-state index in [0.29, 0.717) is 11.4 Å². The van der Waals surface area contributed by atoms with Crippen molar-refractivity contribution in [3.63, 3.8) is 0 Å². The number of hydrogen-bond acceptors (Lipinski definition) is 4. The largest absolute Gasteiger partial charge is 0.484 e. The maximum atomic E-state index is 12.1. The van der Waals surface area contributed by atoms with Gasteiger partial charge in [0, 0.05) is 10.2 Å². The normalized spacial score (nSPS) is 11.3. The highest BCUT2D eigenvalue weighted by Gasteiger charge is 2.11. The Morgan fingerprint density at radius 3 is 2.37 bits per heavy atom. The van der Waals surface area contributed by atoms with Crippen molar-refractivity contribution in [2.75, 3.05) is 17.7 Å². The second kappa shape index (κ2) is 8.10. The minimum Gasteiger partial charge on any atom is -0.484 e. The second-order valence-electron chi connectivity index (χ2n) is 5.92. The van der Waals surface area contributed by atoms with Crippen LogP contribution in [0.25, 0.3) is 10.8 Å². The molecule has 0 saturated heterocycles. The van der Waals surface area contributed by atoms with Gasteiger partial charge in [-0.15, -0.1) is 0 Å². The number of carbonyl (C=O) groups is 1. The molecule has 0 aliphatic heterocycles. The number of sulfone groups is 1. The monoisotopic (exact) mass is 447 g/mol. The maximum absolute atomic E-state index is 12.1. The lowest BCUT2D eigenvalue weighted by Crippen LogP contribution is -2.20. The lowest BCUT2D eigenvalue weighted by Gasteiger charge is -2.09. The van der Waals surface area contributed by atoms with Crippen LogP contribution < -0.4 is 10.1 Å². The molecule has 140 valence electrons. The van der Waals surface area contributed by atoms with E-state index in [0.717, 1.165) is 15.2 Å². The fourth-order valence-corrected chi connectivity index (χ4v) is 3.81. The molecule has 0 saturated carbocycles. The van der Waals surface area contributed by atoms with Gasteiger partial charge in [0.05, 0.1) is 10.6 Å². The van der Waals surface area contributed by atoms with Gasteiger partial charge in [-0.05, 0) is 59.3 Å². The minimum atomic E-state index is -3.25. The molecule has 0 aromatic heterocycles. The summed E-state index contributed by atoms with van der Waals surface area (Å²) in [5.74, 6) is 0.316. The number of hydrogen-bond donors (Lipinski definition) is 1. The second-order valence-corrected chi connectivity index (χ2v) is 9.11. The van der Waals surface area contributed by atoms with E-state index in [1.165, 1.54) is 12.1 Å². The molecular weight excluding hydrogens is 430 g/mol. The van der Waals surface area contributed by atoms with Crippen LogP contribution >= 0.6 is 15.9 Å². The molecule has 0 aliphatic carbocycles. The summed E-state index contributed by atoms with van der Waals surface area (Å²) in [4.78, 5) is 12.3. The van der Waals surface area contributed by atoms with E-state index in [2.05, 4.69) is 21.2 Å². The van der Waals surface area contributed by atoms with E-state index in [1.807, 2.05) is 36.4 Å². The van der Waals surface area contributed by atoms with Crippen LogP contribution in [0.3, 0.4) is 0 Å². The summed E-state index contributed by atoms with van der Waals surface area (Å²) in [6.45, 7) is 1.45. The van der Waals surface area contributed by atoms with Crippen LogP contribution in [0, 0.1) is 0 Å². The van der Waals surface area contributed by atoms with E-state index < -0.39 is 9.84 Å². The van der Waals surface area contributed by atoms with Gasteiger partial charge in [0.15, 0.2) is 16.4 Å². The van der Waals surface area contributed by atoms with Crippen LogP contribution in [0.4, 0.5) is 5.69 Å². The van der Waals surface area contributed by atoms with Crippen molar-refractivity contribution in [2.24, 2.45) is 0 Å². The Morgan fingerprint density at radius 2 is 1.67 bits per heavy atom. The van der Waals surface area contributed by atoms with Crippen molar-refractivity contribution in [3.8, 4) is 5.75 Å². The van der Waals surface area contributed by atoms with Crippen LogP contribution in [0.2, 0.25) is 0 Å². The summed E-state index contributed by atoms with van der Waals surface area (Å²) < 4.78 is 30.1. The SMILES string of the molecule is CCS(=O)(=O)c1ccc(NC(=O)COc2ccc3cc(Br)ccc3c2)cc1. The molecule has 0 radical (unpaired) electrons. The summed E-state index contributed by atoms with van der Waals surface area (Å²) in [7, 11) is -3.25. The topological polar surface area (TPSA) is 72.5 Å². The Balaban J connectivity index is 1.60. The van der Waals surface area contributed by atoms with Crippen LogP contribution in [0.1, 0.15) is 6.92 Å². The van der Waals surface area contributed by atoms with Gasteiger partial charge in [-0.3, -0.25) is 4.79 Å². The predicted molar refractivity (Wildman–Crippen MR) is 110 cm³/mol. The fraction of sp³-hybridized carbons (Fsp3) is 0.150. The van der Waals surface area contributed by atoms with Gasteiger partial charge in [0.25, 0.3) is 5.91 Å². The quantitative estimate of drug-likeness (QED) is 0.606. The summed E-state index contributed by atoms with van der Waals surface area (Å²) in [6, 6.07) is 17.6. The van der Waals surface area contributed by atoms with E-state index in [1.54, 1.807) is 19.1 Å². The molecule has 3 aromatic carbocycles. The predicted octanol–water partition coefficient (Wildman–Crippen LogP) is 4.41. The number of carbonyl (C=O) groups excluding carboxylic acids is 1. The van der Waals surface area contributed by atoms with Crippen LogP contribution in [-0.4, -0.2) is 26.7 Å². The smallest absolute Gasteiger partial charge is 0.262 e. The Hall–Kier alpha value is -2.38. The standard InChI is InChI=1S/C20H18BrNO4S/c1-2-27(24,25)19-9-6-17(7-10-19)22-20(23)13-26-18-8-4-14-11-16(21)5-3-15(14)12-18/h3-12H,2,13H2,1H3,(H,22,23).